The number of rotatable bonds is 6. The SMILES string of the molecule is CN1CCC=C(c2nsnc2OCCNC(=O)C2CC2)C1. The molecule has 1 aliphatic carbocycles. The zero-order chi connectivity index (χ0) is 14.7. The first-order chi connectivity index (χ1) is 10.2. The Kier molecular flexibility index (Phi) is 4.50. The highest BCUT2D eigenvalue weighted by Gasteiger charge is 2.29. The van der Waals surface area contributed by atoms with Crippen molar-refractivity contribution in [1.82, 2.24) is 19.0 Å². The first kappa shape index (κ1) is 14.5. The zero-order valence-electron chi connectivity index (χ0n) is 12.2. The molecule has 1 aromatic heterocycles. The molecule has 1 amide bonds. The van der Waals surface area contributed by atoms with Crippen LogP contribution in [0.3, 0.4) is 0 Å². The number of amides is 1. The number of likely N-dealkylation sites (N-methyl/N-ethyl adjacent to an activating group) is 1. The Morgan fingerprint density at radius 1 is 1.52 bits per heavy atom. The molecular weight excluding hydrogens is 288 g/mol. The minimum atomic E-state index is 0.145. The number of hydrogen-bond donors (Lipinski definition) is 1. The highest BCUT2D eigenvalue weighted by molar-refractivity contribution is 6.99. The van der Waals surface area contributed by atoms with E-state index in [2.05, 4.69) is 32.1 Å². The second kappa shape index (κ2) is 6.53. The Morgan fingerprint density at radius 3 is 3.14 bits per heavy atom. The van der Waals surface area contributed by atoms with Crippen molar-refractivity contribution >= 4 is 23.2 Å². The van der Waals surface area contributed by atoms with Crippen molar-refractivity contribution in [2.45, 2.75) is 19.3 Å². The minimum absolute atomic E-state index is 0.145. The molecule has 2 aliphatic rings. The lowest BCUT2D eigenvalue weighted by Crippen LogP contribution is -2.29. The Bertz CT molecular complexity index is 539. The summed E-state index contributed by atoms with van der Waals surface area (Å²) in [6, 6.07) is 0. The molecule has 1 N–H and O–H groups in total. The number of carbonyl (C=O) groups is 1. The number of nitrogens with one attached hydrogen (secondary N) is 1. The Balaban J connectivity index is 1.50. The van der Waals surface area contributed by atoms with Crippen LogP contribution in [0.5, 0.6) is 5.88 Å². The van der Waals surface area contributed by atoms with E-state index in [1.807, 2.05) is 0 Å². The lowest BCUT2D eigenvalue weighted by atomic mass is 10.1. The van der Waals surface area contributed by atoms with Crippen LogP contribution in [0.4, 0.5) is 0 Å². The molecule has 0 atom stereocenters. The summed E-state index contributed by atoms with van der Waals surface area (Å²) in [5.74, 6) is 0.971. The topological polar surface area (TPSA) is 67.3 Å². The van der Waals surface area contributed by atoms with Gasteiger partial charge in [0.1, 0.15) is 12.3 Å². The fraction of sp³-hybridized carbons (Fsp3) is 0.643. The summed E-state index contributed by atoms with van der Waals surface area (Å²) in [6.45, 7) is 2.90. The van der Waals surface area contributed by atoms with Gasteiger partial charge >= 0.3 is 0 Å². The monoisotopic (exact) mass is 308 g/mol. The fourth-order valence-corrected chi connectivity index (χ4v) is 2.88. The first-order valence-corrected chi connectivity index (χ1v) is 8.08. The van der Waals surface area contributed by atoms with Gasteiger partial charge in [-0.2, -0.15) is 4.37 Å². The molecule has 1 fully saturated rings. The first-order valence-electron chi connectivity index (χ1n) is 7.35. The maximum absolute atomic E-state index is 11.5. The van der Waals surface area contributed by atoms with Gasteiger partial charge in [0.2, 0.25) is 5.91 Å². The van der Waals surface area contributed by atoms with Crippen molar-refractivity contribution < 1.29 is 9.53 Å². The van der Waals surface area contributed by atoms with Crippen molar-refractivity contribution in [1.29, 1.82) is 0 Å². The zero-order valence-corrected chi connectivity index (χ0v) is 13.0. The summed E-state index contributed by atoms with van der Waals surface area (Å²) >= 11 is 1.17. The van der Waals surface area contributed by atoms with Gasteiger partial charge in [-0.15, -0.1) is 4.37 Å². The molecule has 3 rings (SSSR count). The molecule has 6 nitrogen and oxygen atoms in total. The van der Waals surface area contributed by atoms with Crippen molar-refractivity contribution in [3.63, 3.8) is 0 Å². The van der Waals surface area contributed by atoms with E-state index < -0.39 is 0 Å². The van der Waals surface area contributed by atoms with Gasteiger partial charge in [-0.25, -0.2) is 0 Å². The minimum Gasteiger partial charge on any atom is -0.474 e. The van der Waals surface area contributed by atoms with E-state index in [1.165, 1.54) is 17.3 Å². The van der Waals surface area contributed by atoms with Crippen LogP contribution in [-0.4, -0.2) is 52.8 Å². The lowest BCUT2D eigenvalue weighted by molar-refractivity contribution is -0.122. The highest BCUT2D eigenvalue weighted by Crippen LogP contribution is 2.29. The Labute approximate surface area is 128 Å². The third-order valence-corrected chi connectivity index (χ3v) is 4.20. The second-order valence-corrected chi connectivity index (χ2v) is 6.12. The van der Waals surface area contributed by atoms with Crippen LogP contribution in [0, 0.1) is 5.92 Å². The summed E-state index contributed by atoms with van der Waals surface area (Å²) in [5, 5.41) is 2.88. The van der Waals surface area contributed by atoms with E-state index in [0.717, 1.165) is 38.0 Å². The molecule has 0 unspecified atom stereocenters. The van der Waals surface area contributed by atoms with Crippen LogP contribution in [0.2, 0.25) is 0 Å². The van der Waals surface area contributed by atoms with Crippen molar-refractivity contribution in [2.24, 2.45) is 5.92 Å². The van der Waals surface area contributed by atoms with E-state index in [4.69, 9.17) is 4.74 Å². The number of ether oxygens (including phenoxy) is 1. The van der Waals surface area contributed by atoms with Crippen molar-refractivity contribution in [3.05, 3.63) is 11.8 Å². The maximum atomic E-state index is 11.5. The summed E-state index contributed by atoms with van der Waals surface area (Å²) in [5.41, 5.74) is 2.02. The third-order valence-electron chi connectivity index (χ3n) is 3.69. The number of nitrogens with zero attached hydrogens (tertiary/aromatic N) is 3. The molecule has 2 heterocycles. The normalized spacial score (nSPS) is 19.2. The maximum Gasteiger partial charge on any atom is 0.253 e. The van der Waals surface area contributed by atoms with Crippen molar-refractivity contribution in [3.8, 4) is 5.88 Å². The smallest absolute Gasteiger partial charge is 0.253 e. The van der Waals surface area contributed by atoms with Crippen LogP contribution >= 0.6 is 11.7 Å². The van der Waals surface area contributed by atoms with Crippen LogP contribution < -0.4 is 10.1 Å². The number of aromatic nitrogens is 2. The predicted molar refractivity (Wildman–Crippen MR) is 81.2 cm³/mol. The number of hydrogen-bond acceptors (Lipinski definition) is 6. The van der Waals surface area contributed by atoms with Crippen LogP contribution in [0.1, 0.15) is 25.0 Å². The van der Waals surface area contributed by atoms with E-state index in [0.29, 0.717) is 19.0 Å². The molecule has 7 heteroatoms. The van der Waals surface area contributed by atoms with Gasteiger partial charge in [0.05, 0.1) is 18.3 Å². The van der Waals surface area contributed by atoms with Crippen molar-refractivity contribution in [2.75, 3.05) is 33.3 Å². The molecule has 0 saturated heterocycles. The van der Waals surface area contributed by atoms with E-state index in [-0.39, 0.29) is 11.8 Å². The molecule has 0 bridgehead atoms. The molecule has 21 heavy (non-hydrogen) atoms. The van der Waals surface area contributed by atoms with Crippen LogP contribution in [0.15, 0.2) is 6.08 Å². The molecular formula is C14H20N4O2S. The predicted octanol–water partition coefficient (Wildman–Crippen LogP) is 1.16. The van der Waals surface area contributed by atoms with Gasteiger partial charge < -0.3 is 15.0 Å². The molecule has 0 radical (unpaired) electrons. The fourth-order valence-electron chi connectivity index (χ4n) is 2.35. The Morgan fingerprint density at radius 2 is 2.38 bits per heavy atom. The molecule has 1 saturated carbocycles. The standard InChI is InChI=1S/C14H20N4O2S/c1-18-7-2-3-11(9-18)12-14(17-21-16-12)20-8-6-15-13(19)10-4-5-10/h3,10H,2,4-9H2,1H3,(H,15,19). The van der Waals surface area contributed by atoms with Gasteiger partial charge in [0.25, 0.3) is 5.88 Å². The molecule has 0 spiro atoms. The van der Waals surface area contributed by atoms with E-state index in [9.17, 15) is 4.79 Å². The summed E-state index contributed by atoms with van der Waals surface area (Å²) in [7, 11) is 2.10. The van der Waals surface area contributed by atoms with E-state index in [1.54, 1.807) is 0 Å². The van der Waals surface area contributed by atoms with Gasteiger partial charge in [0, 0.05) is 19.0 Å². The summed E-state index contributed by atoms with van der Waals surface area (Å²) in [6.07, 6.45) is 5.28. The van der Waals surface area contributed by atoms with Gasteiger partial charge in [0.15, 0.2) is 0 Å². The molecule has 0 aromatic carbocycles. The average Bonchev–Trinajstić information content (AvgIpc) is 3.22. The Hall–Kier alpha value is -1.47. The second-order valence-electron chi connectivity index (χ2n) is 5.59. The van der Waals surface area contributed by atoms with Crippen LogP contribution in [0.25, 0.3) is 5.57 Å². The van der Waals surface area contributed by atoms with Gasteiger partial charge in [-0.1, -0.05) is 6.08 Å². The van der Waals surface area contributed by atoms with Crippen LogP contribution in [-0.2, 0) is 4.79 Å². The molecule has 1 aromatic rings. The van der Waals surface area contributed by atoms with Gasteiger partial charge in [-0.3, -0.25) is 4.79 Å². The lowest BCUT2D eigenvalue weighted by Gasteiger charge is -2.22. The quantitative estimate of drug-likeness (QED) is 0.799. The largest absolute Gasteiger partial charge is 0.474 e. The number of carbonyl (C=O) groups excluding carboxylic acids is 1. The van der Waals surface area contributed by atoms with Gasteiger partial charge in [-0.05, 0) is 31.9 Å². The molecule has 114 valence electrons. The van der Waals surface area contributed by atoms with E-state index >= 15 is 0 Å². The third kappa shape index (κ3) is 3.79. The molecule has 1 aliphatic heterocycles. The highest BCUT2D eigenvalue weighted by atomic mass is 32.1. The summed E-state index contributed by atoms with van der Waals surface area (Å²) < 4.78 is 14.2. The summed E-state index contributed by atoms with van der Waals surface area (Å²) in [4.78, 5) is 13.8. The average molecular weight is 308 g/mol.